The fraction of sp³-hybridized carbons (Fsp3) is 0.0794. The predicted octanol–water partition coefficient (Wildman–Crippen LogP) is 17.0. The standard InChI is InChI=1S/C63H47N/c1-62(2)57-31-12-9-26-53(57)56-30-17-28-50(61(56)62)45-20-15-23-48(40-45)64(60-33-14-11-27-55(60)51-29-16-19-43-18-7-8-24-49(43)51)47-37-34-42(35-38-47)44-36-39-54-52-25-10-13-32-58(52)63(3,59(54)41-44)46-21-5-4-6-22-46/h4-41H,1-3H3. The SMILES string of the molecule is CC1(C)c2ccccc2-c2cccc(-c3cccc(N(c4ccc(-c5ccc6c(c5)C(C)(c5ccccc5)c5ccccc5-6)cc4)c4ccccc4-c4cccc5ccccc45)c3)c21. The molecule has 0 radical (unpaired) electrons. The molecule has 0 heterocycles. The summed E-state index contributed by atoms with van der Waals surface area (Å²) in [6, 6.07) is 85.4. The van der Waals surface area contributed by atoms with Crippen LogP contribution in [0.3, 0.4) is 0 Å². The molecule has 0 N–H and O–H groups in total. The van der Waals surface area contributed by atoms with E-state index in [2.05, 4.69) is 256 Å². The minimum atomic E-state index is -0.257. The molecule has 0 spiro atoms. The van der Waals surface area contributed by atoms with E-state index < -0.39 is 0 Å². The Morgan fingerprint density at radius 2 is 0.906 bits per heavy atom. The summed E-state index contributed by atoms with van der Waals surface area (Å²) in [5.41, 5.74) is 22.3. The maximum Gasteiger partial charge on any atom is 0.0540 e. The van der Waals surface area contributed by atoms with Gasteiger partial charge in [-0.2, -0.15) is 0 Å². The summed E-state index contributed by atoms with van der Waals surface area (Å²) in [5.74, 6) is 0. The van der Waals surface area contributed by atoms with Crippen LogP contribution in [0.25, 0.3) is 66.4 Å². The number of fused-ring (bicyclic) bond motifs is 7. The molecule has 2 aliphatic carbocycles. The smallest absolute Gasteiger partial charge is 0.0540 e. The van der Waals surface area contributed by atoms with Crippen LogP contribution in [-0.2, 0) is 10.8 Å². The Labute approximate surface area is 376 Å². The Hall–Kier alpha value is -7.74. The van der Waals surface area contributed by atoms with Crippen molar-refractivity contribution >= 4 is 27.8 Å². The topological polar surface area (TPSA) is 3.24 Å². The first-order valence-corrected chi connectivity index (χ1v) is 22.5. The van der Waals surface area contributed by atoms with Crippen molar-refractivity contribution in [3.63, 3.8) is 0 Å². The first-order valence-electron chi connectivity index (χ1n) is 22.5. The van der Waals surface area contributed by atoms with Gasteiger partial charge in [0.2, 0.25) is 0 Å². The summed E-state index contributed by atoms with van der Waals surface area (Å²) in [5, 5.41) is 2.47. The van der Waals surface area contributed by atoms with Crippen molar-refractivity contribution in [2.75, 3.05) is 4.90 Å². The van der Waals surface area contributed by atoms with Gasteiger partial charge in [-0.3, -0.25) is 0 Å². The van der Waals surface area contributed by atoms with E-state index in [1.165, 1.54) is 94.2 Å². The van der Waals surface area contributed by atoms with Crippen LogP contribution in [0, 0.1) is 0 Å². The third-order valence-electron chi connectivity index (χ3n) is 14.3. The lowest BCUT2D eigenvalue weighted by atomic mass is 9.74. The molecule has 1 atom stereocenters. The van der Waals surface area contributed by atoms with Gasteiger partial charge in [-0.05, 0) is 132 Å². The molecule has 0 saturated heterocycles. The van der Waals surface area contributed by atoms with Gasteiger partial charge < -0.3 is 4.90 Å². The summed E-state index contributed by atoms with van der Waals surface area (Å²) in [4.78, 5) is 2.46. The quantitative estimate of drug-likeness (QED) is 0.155. The van der Waals surface area contributed by atoms with Crippen molar-refractivity contribution in [2.24, 2.45) is 0 Å². The lowest BCUT2D eigenvalue weighted by Gasteiger charge is -2.29. The number of nitrogens with zero attached hydrogens (tertiary/aromatic N) is 1. The van der Waals surface area contributed by atoms with Crippen molar-refractivity contribution in [1.82, 2.24) is 0 Å². The first kappa shape index (κ1) is 38.0. The van der Waals surface area contributed by atoms with Crippen molar-refractivity contribution in [3.8, 4) is 55.6 Å². The van der Waals surface area contributed by atoms with Gasteiger partial charge in [-0.15, -0.1) is 0 Å². The lowest BCUT2D eigenvalue weighted by Crippen LogP contribution is -2.22. The fourth-order valence-electron chi connectivity index (χ4n) is 11.2. The Morgan fingerprint density at radius 1 is 0.328 bits per heavy atom. The Bertz CT molecular complexity index is 3420. The fourth-order valence-corrected chi connectivity index (χ4v) is 11.2. The highest BCUT2D eigenvalue weighted by Gasteiger charge is 2.41. The number of rotatable bonds is 7. The zero-order chi connectivity index (χ0) is 43.0. The average molecular weight is 818 g/mol. The second-order valence-electron chi connectivity index (χ2n) is 18.2. The second-order valence-corrected chi connectivity index (χ2v) is 18.2. The highest BCUT2D eigenvalue weighted by molar-refractivity contribution is 6.02. The predicted molar refractivity (Wildman–Crippen MR) is 270 cm³/mol. The number of benzene rings is 10. The van der Waals surface area contributed by atoms with E-state index in [1.807, 2.05) is 0 Å². The molecule has 0 bridgehead atoms. The molecular weight excluding hydrogens is 771 g/mol. The molecule has 0 aromatic heterocycles. The molecule has 0 saturated carbocycles. The zero-order valence-corrected chi connectivity index (χ0v) is 36.4. The van der Waals surface area contributed by atoms with Gasteiger partial charge in [-0.1, -0.05) is 208 Å². The highest BCUT2D eigenvalue weighted by atomic mass is 15.1. The van der Waals surface area contributed by atoms with Crippen molar-refractivity contribution in [1.29, 1.82) is 0 Å². The molecule has 2 aliphatic rings. The summed E-state index contributed by atoms with van der Waals surface area (Å²) in [6.45, 7) is 7.14. The van der Waals surface area contributed by atoms with E-state index in [9.17, 15) is 0 Å². The van der Waals surface area contributed by atoms with Crippen molar-refractivity contribution < 1.29 is 0 Å². The zero-order valence-electron chi connectivity index (χ0n) is 36.4. The number of hydrogen-bond donors (Lipinski definition) is 0. The molecule has 10 aromatic rings. The minimum absolute atomic E-state index is 0.131. The third-order valence-corrected chi connectivity index (χ3v) is 14.3. The molecular formula is C63H47N. The summed E-state index contributed by atoms with van der Waals surface area (Å²) >= 11 is 0. The minimum Gasteiger partial charge on any atom is -0.310 e. The normalized spacial score (nSPS) is 15.3. The maximum atomic E-state index is 2.46. The monoisotopic (exact) mass is 817 g/mol. The van der Waals surface area contributed by atoms with Gasteiger partial charge >= 0.3 is 0 Å². The van der Waals surface area contributed by atoms with Gasteiger partial charge in [0.05, 0.1) is 5.69 Å². The Morgan fingerprint density at radius 3 is 1.73 bits per heavy atom. The average Bonchev–Trinajstić information content (AvgIpc) is 3.76. The van der Waals surface area contributed by atoms with Crippen LogP contribution in [0.1, 0.15) is 48.6 Å². The highest BCUT2D eigenvalue weighted by Crippen LogP contribution is 2.55. The van der Waals surface area contributed by atoms with Gasteiger partial charge in [0, 0.05) is 27.8 Å². The Balaban J connectivity index is 1.01. The summed E-state index contributed by atoms with van der Waals surface area (Å²) in [7, 11) is 0. The molecule has 64 heavy (non-hydrogen) atoms. The molecule has 1 nitrogen and oxygen atoms in total. The van der Waals surface area contributed by atoms with E-state index in [1.54, 1.807) is 0 Å². The molecule has 0 fully saturated rings. The molecule has 1 unspecified atom stereocenters. The maximum absolute atomic E-state index is 2.46. The number of hydrogen-bond acceptors (Lipinski definition) is 1. The molecule has 304 valence electrons. The summed E-state index contributed by atoms with van der Waals surface area (Å²) in [6.07, 6.45) is 0. The van der Waals surface area contributed by atoms with E-state index in [0.29, 0.717) is 0 Å². The van der Waals surface area contributed by atoms with Crippen LogP contribution in [0.4, 0.5) is 17.1 Å². The molecule has 0 aliphatic heterocycles. The Kier molecular flexibility index (Phi) is 8.71. The molecule has 12 rings (SSSR count). The van der Waals surface area contributed by atoms with E-state index in [4.69, 9.17) is 0 Å². The first-order chi connectivity index (χ1) is 31.4. The van der Waals surface area contributed by atoms with Gasteiger partial charge in [0.25, 0.3) is 0 Å². The second kappa shape index (κ2) is 14.7. The van der Waals surface area contributed by atoms with Crippen molar-refractivity contribution in [3.05, 3.63) is 258 Å². The van der Waals surface area contributed by atoms with Crippen LogP contribution in [0.2, 0.25) is 0 Å². The van der Waals surface area contributed by atoms with Crippen LogP contribution in [0.15, 0.2) is 231 Å². The van der Waals surface area contributed by atoms with E-state index >= 15 is 0 Å². The van der Waals surface area contributed by atoms with Crippen LogP contribution in [-0.4, -0.2) is 0 Å². The lowest BCUT2D eigenvalue weighted by molar-refractivity contribution is 0.662. The summed E-state index contributed by atoms with van der Waals surface area (Å²) < 4.78 is 0. The van der Waals surface area contributed by atoms with E-state index in [-0.39, 0.29) is 10.8 Å². The largest absolute Gasteiger partial charge is 0.310 e. The molecule has 1 heteroatoms. The number of anilines is 3. The van der Waals surface area contributed by atoms with Crippen LogP contribution < -0.4 is 4.90 Å². The van der Waals surface area contributed by atoms with Crippen LogP contribution >= 0.6 is 0 Å². The number of para-hydroxylation sites is 1. The van der Waals surface area contributed by atoms with Gasteiger partial charge in [0.1, 0.15) is 0 Å². The third kappa shape index (κ3) is 5.77. The molecule has 0 amide bonds. The van der Waals surface area contributed by atoms with Gasteiger partial charge in [-0.25, -0.2) is 0 Å². The van der Waals surface area contributed by atoms with E-state index in [0.717, 1.165) is 17.1 Å². The molecule has 10 aromatic carbocycles. The van der Waals surface area contributed by atoms with Crippen LogP contribution in [0.5, 0.6) is 0 Å². The van der Waals surface area contributed by atoms with Crippen molar-refractivity contribution in [2.45, 2.75) is 31.6 Å². The van der Waals surface area contributed by atoms with Gasteiger partial charge in [0.15, 0.2) is 0 Å².